The second-order valence-corrected chi connectivity index (χ2v) is 9.34. The summed E-state index contributed by atoms with van der Waals surface area (Å²) in [6, 6.07) is 9.11. The Morgan fingerprint density at radius 2 is 1.59 bits per heavy atom. The number of carbonyl (C=O) groups excluding carboxylic acids is 1. The van der Waals surface area contributed by atoms with E-state index in [9.17, 15) is 13.6 Å². The average Bonchev–Trinajstić information content (AvgIpc) is 3.55. The van der Waals surface area contributed by atoms with Gasteiger partial charge in [0.05, 0.1) is 17.3 Å². The molecule has 1 aromatic carbocycles. The van der Waals surface area contributed by atoms with Crippen molar-refractivity contribution >= 4 is 17.1 Å². The van der Waals surface area contributed by atoms with Gasteiger partial charge in [0, 0.05) is 50.6 Å². The van der Waals surface area contributed by atoms with Gasteiger partial charge in [-0.2, -0.15) is 5.10 Å². The molecule has 0 N–H and O–H groups in total. The van der Waals surface area contributed by atoms with E-state index in [1.165, 1.54) is 44.3 Å². The lowest BCUT2D eigenvalue weighted by atomic mass is 9.99. The van der Waals surface area contributed by atoms with Crippen LogP contribution >= 0.6 is 0 Å². The van der Waals surface area contributed by atoms with Crippen molar-refractivity contribution in [2.45, 2.75) is 38.1 Å². The van der Waals surface area contributed by atoms with E-state index in [1.807, 2.05) is 15.6 Å². The van der Waals surface area contributed by atoms with E-state index < -0.39 is 11.6 Å². The lowest BCUT2D eigenvalue weighted by Crippen LogP contribution is -2.56. The molecule has 3 aromatic rings. The predicted octanol–water partition coefficient (Wildman–Crippen LogP) is 4.21. The Labute approximate surface area is 198 Å². The molecule has 1 unspecified atom stereocenters. The number of halogens is 2. The van der Waals surface area contributed by atoms with Crippen molar-refractivity contribution in [1.82, 2.24) is 19.4 Å². The van der Waals surface area contributed by atoms with Gasteiger partial charge in [-0.3, -0.25) is 9.69 Å². The van der Waals surface area contributed by atoms with E-state index in [2.05, 4.69) is 27.0 Å². The summed E-state index contributed by atoms with van der Waals surface area (Å²) in [7, 11) is 0. The van der Waals surface area contributed by atoms with E-state index in [0.717, 1.165) is 68.1 Å². The number of nitrogens with zero attached hydrogens (tertiary/aromatic N) is 5. The number of hydrogen-bond donors (Lipinski definition) is 0. The molecule has 0 saturated carbocycles. The number of rotatable bonds is 2. The molecule has 2 aromatic heterocycles. The monoisotopic (exact) mass is 467 g/mol. The van der Waals surface area contributed by atoms with Gasteiger partial charge < -0.3 is 9.80 Å². The molecule has 0 spiro atoms. The fourth-order valence-electron chi connectivity index (χ4n) is 5.25. The molecule has 8 heteroatoms. The van der Waals surface area contributed by atoms with Gasteiger partial charge in [0.2, 0.25) is 0 Å². The van der Waals surface area contributed by atoms with Crippen LogP contribution in [0.25, 0.3) is 5.52 Å². The number of piperazine rings is 1. The van der Waals surface area contributed by atoms with Gasteiger partial charge in [-0.05, 0) is 68.6 Å². The largest absolute Gasteiger partial charge is 0.371 e. The zero-order valence-corrected chi connectivity index (χ0v) is 19.4. The summed E-state index contributed by atoms with van der Waals surface area (Å²) in [6.07, 6.45) is 10.1. The Bertz CT molecular complexity index is 1100. The van der Waals surface area contributed by atoms with Crippen LogP contribution in [0.1, 0.15) is 42.5 Å². The summed E-state index contributed by atoms with van der Waals surface area (Å²) < 4.78 is 25.7. The number of carbonyl (C=O) groups is 1. The fraction of sp³-hybridized carbons (Fsp3) is 0.462. The first-order chi connectivity index (χ1) is 16.6. The van der Waals surface area contributed by atoms with Crippen LogP contribution in [0.3, 0.4) is 0 Å². The van der Waals surface area contributed by atoms with Gasteiger partial charge in [0.15, 0.2) is 0 Å². The molecule has 3 aliphatic heterocycles. The summed E-state index contributed by atoms with van der Waals surface area (Å²) in [5.41, 5.74) is 2.89. The number of fused-ring (bicyclic) bond motifs is 2. The van der Waals surface area contributed by atoms with Crippen molar-refractivity contribution in [1.29, 1.82) is 0 Å². The van der Waals surface area contributed by atoms with Crippen LogP contribution < -0.4 is 4.90 Å². The molecule has 180 valence electrons. The highest BCUT2D eigenvalue weighted by Crippen LogP contribution is 2.26. The van der Waals surface area contributed by atoms with Crippen LogP contribution in [0.4, 0.5) is 14.5 Å². The molecule has 6 nitrogen and oxygen atoms in total. The Hall–Kier alpha value is -3.00. The molecule has 1 amide bonds. The van der Waals surface area contributed by atoms with Crippen molar-refractivity contribution in [3.05, 3.63) is 66.0 Å². The molecular weight excluding hydrogens is 436 g/mol. The van der Waals surface area contributed by atoms with Gasteiger partial charge >= 0.3 is 0 Å². The van der Waals surface area contributed by atoms with Crippen molar-refractivity contribution < 1.29 is 13.6 Å². The summed E-state index contributed by atoms with van der Waals surface area (Å²) in [5, 5.41) is 4.42. The second kappa shape index (κ2) is 10.1. The third kappa shape index (κ3) is 4.92. The number of piperidine rings is 1. The summed E-state index contributed by atoms with van der Waals surface area (Å²) in [4.78, 5) is 20.2. The van der Waals surface area contributed by atoms with Gasteiger partial charge in [-0.1, -0.05) is 6.42 Å². The summed E-state index contributed by atoms with van der Waals surface area (Å²) in [6.45, 7) is 6.12. The Kier molecular flexibility index (Phi) is 6.76. The Morgan fingerprint density at radius 3 is 2.32 bits per heavy atom. The van der Waals surface area contributed by atoms with Crippen LogP contribution in [-0.4, -0.2) is 70.6 Å². The van der Waals surface area contributed by atoms with Gasteiger partial charge in [-0.15, -0.1) is 0 Å². The highest BCUT2D eigenvalue weighted by atomic mass is 19.1. The number of hydrogen-bond acceptors (Lipinski definition) is 4. The topological polar surface area (TPSA) is 44.1 Å². The van der Waals surface area contributed by atoms with Crippen LogP contribution in [0.5, 0.6) is 0 Å². The molecule has 3 aliphatic rings. The van der Waals surface area contributed by atoms with Gasteiger partial charge in [-0.25, -0.2) is 13.3 Å². The first-order valence-corrected chi connectivity index (χ1v) is 12.3. The van der Waals surface area contributed by atoms with Crippen LogP contribution in [0.15, 0.2) is 48.8 Å². The predicted molar refractivity (Wildman–Crippen MR) is 128 cm³/mol. The SMILES string of the molecule is Fc1ccc(F)cc1.O=C(c1cnn2ccc(N3CCCC3)cc12)N1CCN2CCCCC2C1. The molecule has 0 aliphatic carbocycles. The third-order valence-corrected chi connectivity index (χ3v) is 7.13. The van der Waals surface area contributed by atoms with E-state index in [0.29, 0.717) is 6.04 Å². The van der Waals surface area contributed by atoms with E-state index in [1.54, 1.807) is 6.20 Å². The highest BCUT2D eigenvalue weighted by Gasteiger charge is 2.32. The summed E-state index contributed by atoms with van der Waals surface area (Å²) >= 11 is 0. The van der Waals surface area contributed by atoms with E-state index in [4.69, 9.17) is 0 Å². The lowest BCUT2D eigenvalue weighted by molar-refractivity contribution is 0.0374. The molecule has 0 bridgehead atoms. The smallest absolute Gasteiger partial charge is 0.257 e. The second-order valence-electron chi connectivity index (χ2n) is 9.34. The average molecular weight is 468 g/mol. The minimum Gasteiger partial charge on any atom is -0.371 e. The van der Waals surface area contributed by atoms with E-state index in [-0.39, 0.29) is 5.91 Å². The lowest BCUT2D eigenvalue weighted by Gasteiger charge is -2.44. The minimum atomic E-state index is -0.411. The maximum atomic E-state index is 13.2. The quantitative estimate of drug-likeness (QED) is 0.567. The Balaban J connectivity index is 0.000000257. The van der Waals surface area contributed by atoms with Crippen molar-refractivity contribution in [2.24, 2.45) is 0 Å². The van der Waals surface area contributed by atoms with E-state index >= 15 is 0 Å². The van der Waals surface area contributed by atoms with Gasteiger partial charge in [0.25, 0.3) is 5.91 Å². The van der Waals surface area contributed by atoms with Crippen LogP contribution in [0.2, 0.25) is 0 Å². The fourth-order valence-corrected chi connectivity index (χ4v) is 5.25. The molecule has 3 saturated heterocycles. The van der Waals surface area contributed by atoms with Crippen LogP contribution in [-0.2, 0) is 0 Å². The van der Waals surface area contributed by atoms with Crippen molar-refractivity contribution in [3.8, 4) is 0 Å². The number of benzene rings is 1. The summed E-state index contributed by atoms with van der Waals surface area (Å²) in [5.74, 6) is -0.679. The maximum Gasteiger partial charge on any atom is 0.257 e. The van der Waals surface area contributed by atoms with Crippen molar-refractivity contribution in [2.75, 3.05) is 44.2 Å². The van der Waals surface area contributed by atoms with Crippen LogP contribution in [0, 0.1) is 11.6 Å². The number of anilines is 1. The first kappa shape index (κ1) is 22.8. The Morgan fingerprint density at radius 1 is 0.882 bits per heavy atom. The zero-order valence-electron chi connectivity index (χ0n) is 19.4. The number of pyridine rings is 1. The molecule has 5 heterocycles. The molecule has 6 rings (SSSR count). The first-order valence-electron chi connectivity index (χ1n) is 12.3. The maximum absolute atomic E-state index is 13.2. The number of amides is 1. The zero-order chi connectivity index (χ0) is 23.5. The standard InChI is InChI=1S/C20H27N5O.C6H4F2/c26-20(24-12-11-23-7-2-1-5-17(23)15-24)18-14-21-25-10-6-16(13-19(18)25)22-8-3-4-9-22;7-5-1-2-6(8)4-3-5/h6,10,13-14,17H,1-5,7-9,11-12,15H2;1-4H. The molecule has 34 heavy (non-hydrogen) atoms. The van der Waals surface area contributed by atoms with Crippen molar-refractivity contribution in [3.63, 3.8) is 0 Å². The molecule has 0 radical (unpaired) electrons. The normalized spacial score (nSPS) is 20.7. The molecular formula is C26H31F2N5O. The highest BCUT2D eigenvalue weighted by molar-refractivity contribution is 6.01. The molecule has 1 atom stereocenters. The molecule has 3 fully saturated rings. The minimum absolute atomic E-state index is 0.142. The number of aromatic nitrogens is 2. The third-order valence-electron chi connectivity index (χ3n) is 7.13. The van der Waals surface area contributed by atoms with Gasteiger partial charge in [0.1, 0.15) is 11.6 Å².